The van der Waals surface area contributed by atoms with E-state index in [-0.39, 0.29) is 36.5 Å². The fourth-order valence-corrected chi connectivity index (χ4v) is 10.9. The zero-order valence-corrected chi connectivity index (χ0v) is 23.6. The van der Waals surface area contributed by atoms with Crippen molar-refractivity contribution in [3.8, 4) is 0 Å². The molecule has 42 heavy (non-hydrogen) atoms. The first kappa shape index (κ1) is 28.8. The van der Waals surface area contributed by atoms with E-state index >= 15 is 0 Å². The summed E-state index contributed by atoms with van der Waals surface area (Å²) >= 11 is 0. The average molecular weight is 623 g/mol. The van der Waals surface area contributed by atoms with Crippen LogP contribution < -0.4 is 0 Å². The van der Waals surface area contributed by atoms with Crippen LogP contribution in [0.1, 0.15) is 64.2 Å². The van der Waals surface area contributed by atoms with E-state index in [2.05, 4.69) is 0 Å². The van der Waals surface area contributed by atoms with Crippen molar-refractivity contribution in [1.29, 1.82) is 0 Å². The first-order chi connectivity index (χ1) is 19.6. The van der Waals surface area contributed by atoms with Crippen molar-refractivity contribution >= 4 is 28.0 Å². The van der Waals surface area contributed by atoms with E-state index < -0.39 is 106 Å². The number of esters is 3. The smallest absolute Gasteiger partial charge is 0.312 e. The quantitative estimate of drug-likeness (QED) is 0.203. The predicted octanol–water partition coefficient (Wildman–Crippen LogP) is 3.79. The normalized spacial score (nSPS) is 45.1. The minimum absolute atomic E-state index is 0.00986. The Kier molecular flexibility index (Phi) is 6.20. The lowest BCUT2D eigenvalue weighted by atomic mass is 9.39. The van der Waals surface area contributed by atoms with Gasteiger partial charge in [-0.05, 0) is 74.5 Å². The fraction of sp³-hybridized carbons (Fsp3) is 0.893. The minimum atomic E-state index is -4.36. The van der Waals surface area contributed by atoms with Crippen LogP contribution in [0.2, 0.25) is 0 Å². The standard InChI is InChI=1S/C28H34F4O9S/c29-27(30)3-1-26(2-4-28(27,31)32)14-7-13-8-15(26)12-25(10-13,11-14)24(35)41-21-16-9-17-19(23(34)40-20(17)21)18(16)22(33)39-5-6-42(36,37)38/h13-21H,1-12H2,(H,36,37,38). The van der Waals surface area contributed by atoms with E-state index in [9.17, 15) is 40.4 Å². The summed E-state index contributed by atoms with van der Waals surface area (Å²) in [6, 6.07) is 0. The number of carbonyl (C=O) groups is 3. The number of ether oxygens (including phenoxy) is 3. The van der Waals surface area contributed by atoms with Crippen LogP contribution in [0.15, 0.2) is 0 Å². The SMILES string of the molecule is O=C1OC2C3CC(C2OC(=O)C24CC5CC(C2)C2(CCC(F)(F)C(F)(F)CC2)C(C5)C4)C(C(=O)OCCS(=O)(=O)O)C13. The van der Waals surface area contributed by atoms with Crippen molar-refractivity contribution in [3.63, 3.8) is 0 Å². The number of fused-ring (bicyclic) bond motifs is 1. The van der Waals surface area contributed by atoms with Crippen LogP contribution in [0, 0.1) is 52.3 Å². The zero-order valence-electron chi connectivity index (χ0n) is 22.8. The maximum atomic E-state index is 14.3. The predicted molar refractivity (Wildman–Crippen MR) is 132 cm³/mol. The summed E-state index contributed by atoms with van der Waals surface area (Å²) in [5.41, 5.74) is -1.53. The van der Waals surface area contributed by atoms with Crippen molar-refractivity contribution in [2.75, 3.05) is 12.4 Å². The molecule has 0 aromatic heterocycles. The van der Waals surface area contributed by atoms with Gasteiger partial charge in [-0.25, -0.2) is 0 Å². The van der Waals surface area contributed by atoms with Crippen LogP contribution in [0.5, 0.6) is 0 Å². The van der Waals surface area contributed by atoms with Gasteiger partial charge in [-0.2, -0.15) is 26.0 Å². The molecule has 8 aliphatic rings. The molecule has 0 radical (unpaired) electrons. The highest BCUT2D eigenvalue weighted by molar-refractivity contribution is 7.85. The Labute approximate surface area is 240 Å². The molecule has 1 N–H and O–H groups in total. The number of hydrogen-bond donors (Lipinski definition) is 1. The molecule has 1 spiro atoms. The molecule has 9 nitrogen and oxygen atoms in total. The van der Waals surface area contributed by atoms with E-state index in [1.807, 2.05) is 0 Å². The van der Waals surface area contributed by atoms with Gasteiger partial charge in [0.2, 0.25) is 0 Å². The second kappa shape index (κ2) is 9.04. The van der Waals surface area contributed by atoms with Crippen molar-refractivity contribution in [1.82, 2.24) is 0 Å². The molecular formula is C28H34F4O9S. The van der Waals surface area contributed by atoms with Gasteiger partial charge in [0.15, 0.2) is 0 Å². The second-order valence-electron chi connectivity index (χ2n) is 14.1. The molecule has 1 saturated heterocycles. The summed E-state index contributed by atoms with van der Waals surface area (Å²) in [7, 11) is -4.36. The number of alkyl halides is 4. The Morgan fingerprint density at radius 1 is 0.929 bits per heavy atom. The molecule has 7 saturated carbocycles. The van der Waals surface area contributed by atoms with Gasteiger partial charge in [-0.15, -0.1) is 0 Å². The van der Waals surface area contributed by atoms with Crippen LogP contribution in [-0.4, -0.2) is 67.3 Å². The third-order valence-corrected chi connectivity index (χ3v) is 12.9. The maximum absolute atomic E-state index is 14.3. The van der Waals surface area contributed by atoms with Crippen LogP contribution >= 0.6 is 0 Å². The Balaban J connectivity index is 1.08. The van der Waals surface area contributed by atoms with Gasteiger partial charge < -0.3 is 14.2 Å². The molecule has 0 amide bonds. The Bertz CT molecular complexity index is 1280. The molecule has 8 fully saturated rings. The van der Waals surface area contributed by atoms with Crippen molar-refractivity contribution in [3.05, 3.63) is 0 Å². The molecule has 8 atom stereocenters. The van der Waals surface area contributed by atoms with Gasteiger partial charge in [0.1, 0.15) is 24.6 Å². The molecule has 0 aromatic rings. The lowest BCUT2D eigenvalue weighted by Gasteiger charge is -2.65. The van der Waals surface area contributed by atoms with Crippen molar-refractivity contribution in [2.45, 2.75) is 88.3 Å². The van der Waals surface area contributed by atoms with E-state index in [0.717, 1.165) is 12.8 Å². The number of carbonyl (C=O) groups excluding carboxylic acids is 3. The summed E-state index contributed by atoms with van der Waals surface area (Å²) in [6.07, 6.45) is -0.146. The fourth-order valence-electron chi connectivity index (χ4n) is 10.6. The summed E-state index contributed by atoms with van der Waals surface area (Å²) in [5.74, 6) is -13.6. The van der Waals surface area contributed by atoms with Crippen LogP contribution in [-0.2, 0) is 38.7 Å². The maximum Gasteiger partial charge on any atom is 0.312 e. The molecule has 1 aliphatic heterocycles. The number of hydrogen-bond acceptors (Lipinski definition) is 8. The summed E-state index contributed by atoms with van der Waals surface area (Å²) < 4.78 is 105. The Hall–Kier alpha value is -1.96. The summed E-state index contributed by atoms with van der Waals surface area (Å²) in [6.45, 7) is -0.589. The third kappa shape index (κ3) is 4.08. The lowest BCUT2D eigenvalue weighted by Crippen LogP contribution is -2.60. The molecule has 8 unspecified atom stereocenters. The monoisotopic (exact) mass is 622 g/mol. The third-order valence-electron chi connectivity index (χ3n) is 12.2. The van der Waals surface area contributed by atoms with E-state index in [4.69, 9.17) is 18.8 Å². The summed E-state index contributed by atoms with van der Waals surface area (Å²) in [5, 5.41) is 0. The van der Waals surface area contributed by atoms with E-state index in [0.29, 0.717) is 25.7 Å². The average Bonchev–Trinajstić information content (AvgIpc) is 3.48. The van der Waals surface area contributed by atoms with Gasteiger partial charge >= 0.3 is 29.8 Å². The van der Waals surface area contributed by atoms with Crippen molar-refractivity contribution < 1.29 is 59.1 Å². The highest BCUT2D eigenvalue weighted by Crippen LogP contribution is 2.71. The Morgan fingerprint density at radius 3 is 2.14 bits per heavy atom. The van der Waals surface area contributed by atoms with Gasteiger partial charge in [0, 0.05) is 24.7 Å². The van der Waals surface area contributed by atoms with Gasteiger partial charge in [-0.3, -0.25) is 18.9 Å². The van der Waals surface area contributed by atoms with Gasteiger partial charge in [0.05, 0.1) is 17.3 Å². The largest absolute Gasteiger partial charge is 0.464 e. The summed E-state index contributed by atoms with van der Waals surface area (Å²) in [4.78, 5) is 39.6. The zero-order chi connectivity index (χ0) is 30.0. The molecule has 8 rings (SSSR count). The van der Waals surface area contributed by atoms with E-state index in [1.165, 1.54) is 0 Å². The first-order valence-corrected chi connectivity index (χ1v) is 16.5. The Morgan fingerprint density at radius 2 is 1.55 bits per heavy atom. The highest BCUT2D eigenvalue weighted by Gasteiger charge is 2.72. The van der Waals surface area contributed by atoms with E-state index in [1.54, 1.807) is 0 Å². The molecule has 0 aromatic carbocycles. The second-order valence-corrected chi connectivity index (χ2v) is 15.7. The van der Waals surface area contributed by atoms with Crippen molar-refractivity contribution in [2.24, 2.45) is 52.3 Å². The molecular weight excluding hydrogens is 588 g/mol. The molecule has 1 heterocycles. The minimum Gasteiger partial charge on any atom is -0.464 e. The molecule has 14 heteroatoms. The lowest BCUT2D eigenvalue weighted by molar-refractivity contribution is -0.210. The van der Waals surface area contributed by atoms with Gasteiger partial charge in [0.25, 0.3) is 10.1 Å². The van der Waals surface area contributed by atoms with Gasteiger partial charge in [-0.1, -0.05) is 0 Å². The molecule has 234 valence electrons. The highest BCUT2D eigenvalue weighted by atomic mass is 32.2. The topological polar surface area (TPSA) is 133 Å². The number of rotatable bonds is 6. The molecule has 7 aliphatic carbocycles. The number of halogens is 4. The van der Waals surface area contributed by atoms with Crippen LogP contribution in [0.4, 0.5) is 17.6 Å². The first-order valence-electron chi connectivity index (χ1n) is 14.8. The molecule has 6 bridgehead atoms. The van der Waals surface area contributed by atoms with Crippen LogP contribution in [0.25, 0.3) is 0 Å². The van der Waals surface area contributed by atoms with Crippen LogP contribution in [0.3, 0.4) is 0 Å².